The maximum atomic E-state index is 14.6. The van der Waals surface area contributed by atoms with Gasteiger partial charge in [0.05, 0.1) is 17.3 Å². The molecule has 0 bridgehead atoms. The fraction of sp³-hybridized carbons (Fsp3) is 0.174. The molecule has 0 amide bonds. The average Bonchev–Trinajstić information content (AvgIpc) is 3.40. The summed E-state index contributed by atoms with van der Waals surface area (Å²) in [6, 6.07) is 18.3. The molecule has 2 atom stereocenters. The molecule has 0 saturated carbocycles. The molecular weight excluding hydrogens is 451 g/mol. The van der Waals surface area contributed by atoms with Crippen molar-refractivity contribution in [2.24, 2.45) is 5.10 Å². The minimum Gasteiger partial charge on any atom is -0.464 e. The normalized spacial score (nSPS) is 21.0. The number of halogens is 2. The third-order valence-corrected chi connectivity index (χ3v) is 6.12. The van der Waals surface area contributed by atoms with E-state index in [1.165, 1.54) is 6.07 Å². The van der Waals surface area contributed by atoms with Crippen LogP contribution in [0.25, 0.3) is 0 Å². The van der Waals surface area contributed by atoms with Crippen LogP contribution in [0.4, 0.5) is 4.39 Å². The minimum atomic E-state index is -0.642. The lowest BCUT2D eigenvalue weighted by Gasteiger charge is -2.38. The van der Waals surface area contributed by atoms with Gasteiger partial charge in [0.1, 0.15) is 11.6 Å². The molecule has 0 fully saturated rings. The van der Waals surface area contributed by atoms with E-state index in [9.17, 15) is 4.39 Å². The molecule has 3 aliphatic heterocycles. The number of hydrogen-bond acceptors (Lipinski definition) is 5. The molecule has 0 N–H and O–H groups in total. The lowest BCUT2D eigenvalue weighted by atomic mass is 9.95. The highest BCUT2D eigenvalue weighted by Crippen LogP contribution is 2.48. The monoisotopic (exact) mass is 466 g/mol. The molecule has 0 aliphatic carbocycles. The van der Waals surface area contributed by atoms with Crippen molar-refractivity contribution in [1.82, 2.24) is 5.01 Å². The Bertz CT molecular complexity index is 1200. The zero-order valence-electron chi connectivity index (χ0n) is 15.7. The first-order chi connectivity index (χ1) is 14.7. The molecular formula is C23H16BrFN2O3. The lowest BCUT2D eigenvalue weighted by Crippen LogP contribution is -2.34. The first-order valence-electron chi connectivity index (χ1n) is 9.64. The quantitative estimate of drug-likeness (QED) is 0.495. The van der Waals surface area contributed by atoms with E-state index in [2.05, 4.69) is 15.9 Å². The van der Waals surface area contributed by atoms with E-state index in [1.54, 1.807) is 12.1 Å². The van der Waals surface area contributed by atoms with Crippen molar-refractivity contribution in [3.63, 3.8) is 0 Å². The van der Waals surface area contributed by atoms with E-state index in [0.29, 0.717) is 17.7 Å². The maximum absolute atomic E-state index is 14.6. The fourth-order valence-electron chi connectivity index (χ4n) is 4.19. The Morgan fingerprint density at radius 2 is 1.77 bits per heavy atom. The fourth-order valence-corrected chi connectivity index (χ4v) is 4.57. The second kappa shape index (κ2) is 6.74. The molecule has 0 aromatic heterocycles. The summed E-state index contributed by atoms with van der Waals surface area (Å²) >= 11 is 3.55. The highest BCUT2D eigenvalue weighted by molar-refractivity contribution is 9.10. The number of nitrogens with zero attached hydrogens (tertiary/aromatic N) is 2. The maximum Gasteiger partial charge on any atom is 0.231 e. The Hall–Kier alpha value is -3.06. The molecule has 0 unspecified atom stereocenters. The van der Waals surface area contributed by atoms with Crippen LogP contribution in [0.15, 0.2) is 70.2 Å². The SMILES string of the molecule is Fc1ccccc1[C@@H]1Oc2ccc(Br)cc2[C@@H]2CC(c3ccc4c(c3)OCO4)=NN21. The number of benzene rings is 3. The Labute approximate surface area is 180 Å². The Kier molecular flexibility index (Phi) is 3.99. The smallest absolute Gasteiger partial charge is 0.231 e. The predicted molar refractivity (Wildman–Crippen MR) is 112 cm³/mol. The number of hydrazone groups is 1. The predicted octanol–water partition coefficient (Wildman–Crippen LogP) is 5.56. The van der Waals surface area contributed by atoms with Crippen molar-refractivity contribution in [2.75, 3.05) is 6.79 Å². The zero-order valence-corrected chi connectivity index (χ0v) is 17.3. The number of fused-ring (bicyclic) bond motifs is 4. The second-order valence-corrected chi connectivity index (χ2v) is 8.30. The highest BCUT2D eigenvalue weighted by atomic mass is 79.9. The van der Waals surface area contributed by atoms with Crippen LogP contribution in [0.2, 0.25) is 0 Å². The van der Waals surface area contributed by atoms with Gasteiger partial charge in [0, 0.05) is 22.0 Å². The van der Waals surface area contributed by atoms with Crippen molar-refractivity contribution in [1.29, 1.82) is 0 Å². The van der Waals surface area contributed by atoms with Crippen LogP contribution in [-0.2, 0) is 0 Å². The van der Waals surface area contributed by atoms with Crippen molar-refractivity contribution in [2.45, 2.75) is 18.7 Å². The summed E-state index contributed by atoms with van der Waals surface area (Å²) in [7, 11) is 0. The Morgan fingerprint density at radius 3 is 2.67 bits per heavy atom. The average molecular weight is 467 g/mol. The largest absolute Gasteiger partial charge is 0.464 e. The van der Waals surface area contributed by atoms with Gasteiger partial charge in [0.2, 0.25) is 13.0 Å². The van der Waals surface area contributed by atoms with Gasteiger partial charge in [-0.3, -0.25) is 0 Å². The van der Waals surface area contributed by atoms with E-state index >= 15 is 0 Å². The van der Waals surface area contributed by atoms with Crippen LogP contribution in [0.3, 0.4) is 0 Å². The Morgan fingerprint density at radius 1 is 0.933 bits per heavy atom. The topological polar surface area (TPSA) is 43.3 Å². The summed E-state index contributed by atoms with van der Waals surface area (Å²) in [4.78, 5) is 0. The Balaban J connectivity index is 1.45. The van der Waals surface area contributed by atoms with Gasteiger partial charge in [0.15, 0.2) is 11.5 Å². The first kappa shape index (κ1) is 17.8. The van der Waals surface area contributed by atoms with Gasteiger partial charge in [-0.2, -0.15) is 5.10 Å². The molecule has 5 nitrogen and oxygen atoms in total. The number of rotatable bonds is 2. The van der Waals surface area contributed by atoms with E-state index < -0.39 is 6.23 Å². The van der Waals surface area contributed by atoms with Crippen molar-refractivity contribution in [3.8, 4) is 17.2 Å². The van der Waals surface area contributed by atoms with E-state index in [1.807, 2.05) is 47.5 Å². The molecule has 30 heavy (non-hydrogen) atoms. The van der Waals surface area contributed by atoms with Gasteiger partial charge in [-0.15, -0.1) is 0 Å². The van der Waals surface area contributed by atoms with Gasteiger partial charge in [-0.05, 0) is 42.5 Å². The van der Waals surface area contributed by atoms with Crippen LogP contribution >= 0.6 is 15.9 Å². The summed E-state index contributed by atoms with van der Waals surface area (Å²) in [5.74, 6) is 1.88. The highest BCUT2D eigenvalue weighted by Gasteiger charge is 2.42. The lowest BCUT2D eigenvalue weighted by molar-refractivity contribution is -0.0212. The molecule has 6 rings (SSSR count). The van der Waals surface area contributed by atoms with Crippen LogP contribution in [0.5, 0.6) is 17.2 Å². The van der Waals surface area contributed by atoms with E-state index in [0.717, 1.165) is 32.8 Å². The van der Waals surface area contributed by atoms with Gasteiger partial charge < -0.3 is 14.2 Å². The third-order valence-electron chi connectivity index (χ3n) is 5.63. The summed E-state index contributed by atoms with van der Waals surface area (Å²) in [5, 5.41) is 6.75. The molecule has 0 radical (unpaired) electrons. The van der Waals surface area contributed by atoms with Crippen molar-refractivity contribution >= 4 is 21.6 Å². The zero-order chi connectivity index (χ0) is 20.2. The van der Waals surface area contributed by atoms with Crippen LogP contribution in [0, 0.1) is 5.82 Å². The molecule has 0 saturated heterocycles. The van der Waals surface area contributed by atoms with Gasteiger partial charge in [-0.1, -0.05) is 34.1 Å². The summed E-state index contributed by atoms with van der Waals surface area (Å²) in [5.41, 5.74) is 3.34. The summed E-state index contributed by atoms with van der Waals surface area (Å²) in [6.07, 6.45) is 0.0358. The molecule has 7 heteroatoms. The van der Waals surface area contributed by atoms with Gasteiger partial charge >= 0.3 is 0 Å². The first-order valence-corrected chi connectivity index (χ1v) is 10.4. The standard InChI is InChI=1S/C23H16BrFN2O3/c24-14-6-8-20-16(10-14)19-11-18(13-5-7-21-22(9-13)29-12-28-21)26-27(19)23(30-20)15-3-1-2-4-17(15)25/h1-10,19,23H,11-12H2/t19-,23-/m0/s1. The molecule has 150 valence electrons. The second-order valence-electron chi connectivity index (χ2n) is 7.39. The molecule has 0 spiro atoms. The molecule has 3 aliphatic rings. The summed E-state index contributed by atoms with van der Waals surface area (Å²) < 4.78 is 32.8. The molecule has 3 aromatic rings. The van der Waals surface area contributed by atoms with Gasteiger partial charge in [-0.25, -0.2) is 9.40 Å². The molecule has 3 heterocycles. The van der Waals surface area contributed by atoms with E-state index in [4.69, 9.17) is 19.3 Å². The van der Waals surface area contributed by atoms with Crippen LogP contribution in [0.1, 0.15) is 35.4 Å². The van der Waals surface area contributed by atoms with E-state index in [-0.39, 0.29) is 18.7 Å². The third kappa shape index (κ3) is 2.76. The minimum absolute atomic E-state index is 0.0590. The summed E-state index contributed by atoms with van der Waals surface area (Å²) in [6.45, 7) is 0.227. The van der Waals surface area contributed by atoms with Crippen LogP contribution < -0.4 is 14.2 Å². The number of ether oxygens (including phenoxy) is 3. The van der Waals surface area contributed by atoms with Crippen LogP contribution in [-0.4, -0.2) is 17.5 Å². The van der Waals surface area contributed by atoms with Gasteiger partial charge in [0.25, 0.3) is 0 Å². The van der Waals surface area contributed by atoms with Crippen molar-refractivity contribution < 1.29 is 18.6 Å². The molecule has 3 aromatic carbocycles. The number of hydrogen-bond donors (Lipinski definition) is 0. The van der Waals surface area contributed by atoms with Crippen molar-refractivity contribution in [3.05, 3.63) is 87.6 Å².